The van der Waals surface area contributed by atoms with Crippen LogP contribution in [0.2, 0.25) is 0 Å². The summed E-state index contributed by atoms with van der Waals surface area (Å²) in [5, 5.41) is 11.3. The molecule has 4 rings (SSSR count). The van der Waals surface area contributed by atoms with Gasteiger partial charge in [-0.15, -0.1) is 0 Å². The van der Waals surface area contributed by atoms with Crippen LogP contribution in [0.4, 0.5) is 0 Å². The van der Waals surface area contributed by atoms with Gasteiger partial charge in [0.1, 0.15) is 11.3 Å². The number of nitrogens with zero attached hydrogens (tertiary/aromatic N) is 2. The number of aromatic nitrogens is 3. The van der Waals surface area contributed by atoms with Gasteiger partial charge in [-0.1, -0.05) is 19.3 Å². The quantitative estimate of drug-likeness (QED) is 0.744. The molecule has 5 heteroatoms. The van der Waals surface area contributed by atoms with Crippen molar-refractivity contribution in [3.05, 3.63) is 35.3 Å². The Labute approximate surface area is 133 Å². The second-order valence-corrected chi connectivity index (χ2v) is 6.49. The molecule has 0 amide bonds. The van der Waals surface area contributed by atoms with Gasteiger partial charge < -0.3 is 10.1 Å². The van der Waals surface area contributed by atoms with Crippen molar-refractivity contribution in [2.24, 2.45) is 0 Å². The third-order valence-electron chi connectivity index (χ3n) is 4.82. The number of H-pyrrole nitrogens is 1. The van der Waals surface area contributed by atoms with Gasteiger partial charge in [0.15, 0.2) is 0 Å². The molecule has 3 heterocycles. The molecule has 0 aromatic carbocycles. The van der Waals surface area contributed by atoms with Gasteiger partial charge in [-0.3, -0.25) is 0 Å². The second-order valence-electron chi connectivity index (χ2n) is 6.49. The van der Waals surface area contributed by atoms with Crippen molar-refractivity contribution in [3.8, 4) is 0 Å². The summed E-state index contributed by atoms with van der Waals surface area (Å²) in [5.74, 6) is -0.640. The SMILES string of the molecule is Cc1cnc2[nH]c3c(C4CCCCC4)nc(C(=O)O)cc3c2c1. The first-order valence-corrected chi connectivity index (χ1v) is 8.16. The zero-order valence-corrected chi connectivity index (χ0v) is 13.1. The Morgan fingerprint density at radius 2 is 2.00 bits per heavy atom. The number of rotatable bonds is 2. The highest BCUT2D eigenvalue weighted by Crippen LogP contribution is 2.37. The van der Waals surface area contributed by atoms with E-state index in [9.17, 15) is 9.90 Å². The highest BCUT2D eigenvalue weighted by atomic mass is 16.4. The minimum absolute atomic E-state index is 0.125. The lowest BCUT2D eigenvalue weighted by Crippen LogP contribution is -2.10. The number of pyridine rings is 2. The van der Waals surface area contributed by atoms with Crippen LogP contribution in [-0.2, 0) is 0 Å². The summed E-state index contributed by atoms with van der Waals surface area (Å²) in [6.07, 6.45) is 7.60. The number of carboxylic acid groups (broad SMARTS) is 1. The van der Waals surface area contributed by atoms with E-state index in [1.165, 1.54) is 19.3 Å². The molecule has 1 saturated carbocycles. The fourth-order valence-electron chi connectivity index (χ4n) is 3.68. The van der Waals surface area contributed by atoms with Gasteiger partial charge in [-0.2, -0.15) is 0 Å². The maximum Gasteiger partial charge on any atom is 0.354 e. The molecule has 0 saturated heterocycles. The zero-order valence-electron chi connectivity index (χ0n) is 13.1. The predicted octanol–water partition coefficient (Wildman–Crippen LogP) is 4.17. The Balaban J connectivity index is 2.02. The van der Waals surface area contributed by atoms with E-state index in [2.05, 4.69) is 21.0 Å². The minimum Gasteiger partial charge on any atom is -0.477 e. The van der Waals surface area contributed by atoms with Gasteiger partial charge in [0, 0.05) is 22.9 Å². The van der Waals surface area contributed by atoms with E-state index in [1.54, 1.807) is 6.07 Å². The Kier molecular flexibility index (Phi) is 3.29. The Morgan fingerprint density at radius 1 is 1.22 bits per heavy atom. The van der Waals surface area contributed by atoms with E-state index in [4.69, 9.17) is 0 Å². The molecular formula is C18H19N3O2. The molecular weight excluding hydrogens is 290 g/mol. The maximum absolute atomic E-state index is 11.5. The van der Waals surface area contributed by atoms with Crippen LogP contribution < -0.4 is 0 Å². The molecule has 0 aliphatic heterocycles. The van der Waals surface area contributed by atoms with Crippen LogP contribution in [-0.4, -0.2) is 26.0 Å². The molecule has 2 N–H and O–H groups in total. The van der Waals surface area contributed by atoms with Crippen molar-refractivity contribution >= 4 is 27.9 Å². The predicted molar refractivity (Wildman–Crippen MR) is 88.9 cm³/mol. The smallest absolute Gasteiger partial charge is 0.354 e. The Bertz CT molecular complexity index is 907. The van der Waals surface area contributed by atoms with E-state index < -0.39 is 5.97 Å². The summed E-state index contributed by atoms with van der Waals surface area (Å²) in [6.45, 7) is 1.99. The Hall–Kier alpha value is -2.43. The molecule has 0 atom stereocenters. The van der Waals surface area contributed by atoms with E-state index in [0.717, 1.165) is 46.0 Å². The first-order valence-electron chi connectivity index (χ1n) is 8.16. The average Bonchev–Trinajstić information content (AvgIpc) is 2.92. The van der Waals surface area contributed by atoms with E-state index >= 15 is 0 Å². The minimum atomic E-state index is -0.973. The van der Waals surface area contributed by atoms with Gasteiger partial charge in [0.05, 0.1) is 11.2 Å². The van der Waals surface area contributed by atoms with E-state index in [-0.39, 0.29) is 5.69 Å². The van der Waals surface area contributed by atoms with Crippen molar-refractivity contribution < 1.29 is 9.90 Å². The van der Waals surface area contributed by atoms with Crippen molar-refractivity contribution in [2.45, 2.75) is 44.9 Å². The average molecular weight is 309 g/mol. The standard InChI is InChI=1S/C18H19N3O2/c1-10-7-13-12-8-14(18(22)23)20-15(11-5-3-2-4-6-11)16(12)21-17(13)19-9-10/h7-9,11H,2-6H2,1H3,(H,19,21)(H,22,23). The summed E-state index contributed by atoms with van der Waals surface area (Å²) < 4.78 is 0. The topological polar surface area (TPSA) is 78.9 Å². The third-order valence-corrected chi connectivity index (χ3v) is 4.82. The van der Waals surface area contributed by atoms with E-state index in [0.29, 0.717) is 5.92 Å². The van der Waals surface area contributed by atoms with Crippen molar-refractivity contribution in [3.63, 3.8) is 0 Å². The van der Waals surface area contributed by atoms with Crippen LogP contribution in [0.25, 0.3) is 21.9 Å². The van der Waals surface area contributed by atoms with Crippen molar-refractivity contribution in [2.75, 3.05) is 0 Å². The van der Waals surface area contributed by atoms with Gasteiger partial charge in [0.2, 0.25) is 0 Å². The number of aryl methyl sites for hydroxylation is 1. The van der Waals surface area contributed by atoms with Crippen LogP contribution in [0.5, 0.6) is 0 Å². The number of aromatic carboxylic acids is 1. The van der Waals surface area contributed by atoms with Crippen molar-refractivity contribution in [1.29, 1.82) is 0 Å². The van der Waals surface area contributed by atoms with Crippen molar-refractivity contribution in [1.82, 2.24) is 15.0 Å². The summed E-state index contributed by atoms with van der Waals surface area (Å²) in [7, 11) is 0. The first kappa shape index (κ1) is 14.2. The zero-order chi connectivity index (χ0) is 16.0. The van der Waals surface area contributed by atoms with Gasteiger partial charge in [0.25, 0.3) is 0 Å². The highest BCUT2D eigenvalue weighted by molar-refractivity contribution is 6.08. The van der Waals surface area contributed by atoms with E-state index in [1.807, 2.05) is 13.1 Å². The van der Waals surface area contributed by atoms with Crippen LogP contribution in [0.1, 0.15) is 59.8 Å². The number of aromatic amines is 1. The molecule has 0 radical (unpaired) electrons. The van der Waals surface area contributed by atoms with Crippen LogP contribution in [0, 0.1) is 6.92 Å². The number of carboxylic acids is 1. The third kappa shape index (κ3) is 2.36. The number of fused-ring (bicyclic) bond motifs is 3. The molecule has 3 aromatic rings. The monoisotopic (exact) mass is 309 g/mol. The summed E-state index contributed by atoms with van der Waals surface area (Å²) >= 11 is 0. The number of hydrogen-bond acceptors (Lipinski definition) is 3. The number of hydrogen-bond donors (Lipinski definition) is 2. The molecule has 1 fully saturated rings. The van der Waals surface area contributed by atoms with Crippen LogP contribution in [0.15, 0.2) is 18.3 Å². The number of carbonyl (C=O) groups is 1. The summed E-state index contributed by atoms with van der Waals surface area (Å²) in [4.78, 5) is 23.8. The van der Waals surface area contributed by atoms with Gasteiger partial charge in [-0.05, 0) is 37.5 Å². The lowest BCUT2D eigenvalue weighted by Gasteiger charge is -2.21. The fourth-order valence-corrected chi connectivity index (χ4v) is 3.68. The summed E-state index contributed by atoms with van der Waals surface area (Å²) in [5.41, 5.74) is 3.84. The Morgan fingerprint density at radius 3 is 2.74 bits per heavy atom. The molecule has 3 aromatic heterocycles. The van der Waals surface area contributed by atoms with Gasteiger partial charge in [-0.25, -0.2) is 14.8 Å². The molecule has 118 valence electrons. The lowest BCUT2D eigenvalue weighted by atomic mass is 9.86. The first-order chi connectivity index (χ1) is 11.1. The largest absolute Gasteiger partial charge is 0.477 e. The molecule has 0 spiro atoms. The molecule has 23 heavy (non-hydrogen) atoms. The normalized spacial score (nSPS) is 16.2. The molecule has 0 bridgehead atoms. The van der Waals surface area contributed by atoms with Crippen LogP contribution >= 0.6 is 0 Å². The van der Waals surface area contributed by atoms with Gasteiger partial charge >= 0.3 is 5.97 Å². The number of nitrogens with one attached hydrogen (secondary N) is 1. The maximum atomic E-state index is 11.5. The summed E-state index contributed by atoms with van der Waals surface area (Å²) in [6, 6.07) is 3.72. The highest BCUT2D eigenvalue weighted by Gasteiger charge is 2.23. The lowest BCUT2D eigenvalue weighted by molar-refractivity contribution is 0.0690. The van der Waals surface area contributed by atoms with Crippen LogP contribution in [0.3, 0.4) is 0 Å². The second kappa shape index (κ2) is 5.33. The molecule has 1 aliphatic carbocycles. The molecule has 0 unspecified atom stereocenters. The molecule has 1 aliphatic rings. The fraction of sp³-hybridized carbons (Fsp3) is 0.389. The molecule has 5 nitrogen and oxygen atoms in total.